The summed E-state index contributed by atoms with van der Waals surface area (Å²) in [5.41, 5.74) is 1.10. The SMILES string of the molecule is CCCCSC(=Nc1c(C(=O)NC)ncn1CC(C)=O)Nc1ccccc1. The Hall–Kier alpha value is -2.61. The van der Waals surface area contributed by atoms with Crippen molar-refractivity contribution in [3.05, 3.63) is 42.4 Å². The van der Waals surface area contributed by atoms with Crippen LogP contribution >= 0.6 is 11.8 Å². The number of carbonyl (C=O) groups is 2. The molecule has 1 aromatic carbocycles. The van der Waals surface area contributed by atoms with Gasteiger partial charge in [0.05, 0.1) is 12.9 Å². The van der Waals surface area contributed by atoms with Gasteiger partial charge in [-0.05, 0) is 25.5 Å². The van der Waals surface area contributed by atoms with Gasteiger partial charge in [0.2, 0.25) is 0 Å². The van der Waals surface area contributed by atoms with Crippen LogP contribution < -0.4 is 10.6 Å². The van der Waals surface area contributed by atoms with Crippen LogP contribution in [0, 0.1) is 0 Å². The van der Waals surface area contributed by atoms with Gasteiger partial charge in [-0.25, -0.2) is 9.98 Å². The van der Waals surface area contributed by atoms with Gasteiger partial charge in [-0.1, -0.05) is 43.3 Å². The molecule has 1 amide bonds. The summed E-state index contributed by atoms with van der Waals surface area (Å²) in [7, 11) is 1.54. The second-order valence-electron chi connectivity index (χ2n) is 5.94. The largest absolute Gasteiger partial charge is 0.354 e. The molecule has 0 spiro atoms. The quantitative estimate of drug-likeness (QED) is 0.411. The maximum Gasteiger partial charge on any atom is 0.273 e. The molecule has 0 saturated carbocycles. The summed E-state index contributed by atoms with van der Waals surface area (Å²) in [5, 5.41) is 6.52. The number of Topliss-reactive ketones (excluding diaryl/α,β-unsaturated/α-hetero) is 1. The summed E-state index contributed by atoms with van der Waals surface area (Å²) in [4.78, 5) is 32.6. The van der Waals surface area contributed by atoms with Gasteiger partial charge in [0.1, 0.15) is 5.78 Å². The van der Waals surface area contributed by atoms with E-state index in [1.807, 2.05) is 30.3 Å². The topological polar surface area (TPSA) is 88.4 Å². The first kappa shape index (κ1) is 20.7. The van der Waals surface area contributed by atoms with Gasteiger partial charge in [-0.3, -0.25) is 9.59 Å². The highest BCUT2D eigenvalue weighted by Gasteiger charge is 2.18. The number of benzene rings is 1. The van der Waals surface area contributed by atoms with E-state index in [9.17, 15) is 9.59 Å². The smallest absolute Gasteiger partial charge is 0.273 e. The van der Waals surface area contributed by atoms with Crippen LogP contribution in [-0.4, -0.2) is 39.2 Å². The number of carbonyl (C=O) groups excluding carboxylic acids is 2. The van der Waals surface area contributed by atoms with Gasteiger partial charge < -0.3 is 15.2 Å². The maximum absolute atomic E-state index is 12.2. The van der Waals surface area contributed by atoms with Crippen LogP contribution in [-0.2, 0) is 11.3 Å². The first-order chi connectivity index (χ1) is 13.0. The maximum atomic E-state index is 12.2. The highest BCUT2D eigenvalue weighted by atomic mass is 32.2. The number of unbranched alkanes of at least 4 members (excludes halogenated alkanes) is 1. The summed E-state index contributed by atoms with van der Waals surface area (Å²) in [6.07, 6.45) is 3.61. The standard InChI is InChI=1S/C19H25N5O2S/c1-4-5-11-27-19(22-15-9-7-6-8-10-15)23-17-16(18(26)20-3)21-13-24(17)12-14(2)25/h6-10,13H,4-5,11-12H2,1-3H3,(H,20,26)(H,22,23). The summed E-state index contributed by atoms with van der Waals surface area (Å²) in [6.45, 7) is 3.74. The fourth-order valence-corrected chi connectivity index (χ4v) is 3.25. The van der Waals surface area contributed by atoms with E-state index >= 15 is 0 Å². The van der Waals surface area contributed by atoms with Gasteiger partial charge in [0.25, 0.3) is 5.91 Å². The van der Waals surface area contributed by atoms with Gasteiger partial charge in [-0.2, -0.15) is 0 Å². The molecule has 0 aliphatic carbocycles. The minimum Gasteiger partial charge on any atom is -0.354 e. The van der Waals surface area contributed by atoms with Gasteiger partial charge in [0, 0.05) is 18.5 Å². The number of amides is 1. The number of amidine groups is 1. The summed E-state index contributed by atoms with van der Waals surface area (Å²) in [5.74, 6) is 0.884. The average Bonchev–Trinajstić information content (AvgIpc) is 3.03. The van der Waals surface area contributed by atoms with Crippen LogP contribution in [0.15, 0.2) is 41.7 Å². The van der Waals surface area contributed by atoms with Gasteiger partial charge >= 0.3 is 0 Å². The van der Waals surface area contributed by atoms with Crippen molar-refractivity contribution in [2.45, 2.75) is 33.2 Å². The summed E-state index contributed by atoms with van der Waals surface area (Å²) >= 11 is 1.58. The molecule has 1 aromatic heterocycles. The van der Waals surface area contributed by atoms with E-state index in [1.54, 1.807) is 23.4 Å². The van der Waals surface area contributed by atoms with E-state index in [2.05, 4.69) is 27.5 Å². The fraction of sp³-hybridized carbons (Fsp3) is 0.368. The molecule has 8 heteroatoms. The molecule has 0 aliphatic rings. The molecule has 0 atom stereocenters. The third-order valence-corrected chi connectivity index (χ3v) is 4.57. The Morgan fingerprint density at radius 3 is 2.63 bits per heavy atom. The number of para-hydroxylation sites is 1. The van der Waals surface area contributed by atoms with Crippen molar-refractivity contribution in [2.24, 2.45) is 4.99 Å². The minimum atomic E-state index is -0.339. The van der Waals surface area contributed by atoms with Gasteiger partial charge in [0.15, 0.2) is 16.7 Å². The molecule has 1 heterocycles. The number of aliphatic imine (C=N–C) groups is 1. The van der Waals surface area contributed by atoms with Crippen molar-refractivity contribution >= 4 is 40.1 Å². The van der Waals surface area contributed by atoms with Crippen molar-refractivity contribution in [3.8, 4) is 0 Å². The molecule has 0 fully saturated rings. The average molecular weight is 388 g/mol. The molecule has 27 heavy (non-hydrogen) atoms. The highest BCUT2D eigenvalue weighted by Crippen LogP contribution is 2.22. The number of hydrogen-bond donors (Lipinski definition) is 2. The van der Waals surface area contributed by atoms with E-state index in [1.165, 1.54) is 13.3 Å². The predicted molar refractivity (Wildman–Crippen MR) is 111 cm³/mol. The van der Waals surface area contributed by atoms with E-state index in [-0.39, 0.29) is 23.9 Å². The lowest BCUT2D eigenvalue weighted by atomic mass is 10.3. The molecule has 0 bridgehead atoms. The Morgan fingerprint density at radius 2 is 2.00 bits per heavy atom. The van der Waals surface area contributed by atoms with E-state index in [0.717, 1.165) is 24.3 Å². The second-order valence-corrected chi connectivity index (χ2v) is 7.02. The minimum absolute atomic E-state index is 0.0384. The number of aromatic nitrogens is 2. The lowest BCUT2D eigenvalue weighted by Gasteiger charge is -2.11. The Kier molecular flexibility index (Phi) is 8.06. The number of nitrogens with zero attached hydrogens (tertiary/aromatic N) is 3. The predicted octanol–water partition coefficient (Wildman–Crippen LogP) is 3.46. The third-order valence-electron chi connectivity index (χ3n) is 3.61. The molecule has 7 nitrogen and oxygen atoms in total. The van der Waals surface area contributed by atoms with E-state index in [4.69, 9.17) is 0 Å². The fourth-order valence-electron chi connectivity index (χ4n) is 2.28. The lowest BCUT2D eigenvalue weighted by molar-refractivity contribution is -0.117. The number of hydrogen-bond acceptors (Lipinski definition) is 5. The molecule has 2 rings (SSSR count). The van der Waals surface area contributed by atoms with Crippen molar-refractivity contribution < 1.29 is 9.59 Å². The highest BCUT2D eigenvalue weighted by molar-refractivity contribution is 8.14. The molecule has 2 aromatic rings. The molecule has 0 radical (unpaired) electrons. The molecule has 0 unspecified atom stereocenters. The molecule has 0 aliphatic heterocycles. The van der Waals surface area contributed by atoms with Crippen LogP contribution in [0.1, 0.15) is 37.2 Å². The zero-order valence-electron chi connectivity index (χ0n) is 15.9. The second kappa shape index (κ2) is 10.5. The number of rotatable bonds is 8. The Morgan fingerprint density at radius 1 is 1.26 bits per heavy atom. The number of ketones is 1. The van der Waals surface area contributed by atoms with E-state index < -0.39 is 0 Å². The molecular weight excluding hydrogens is 362 g/mol. The third kappa shape index (κ3) is 6.25. The number of anilines is 1. The van der Waals surface area contributed by atoms with Crippen molar-refractivity contribution in [1.82, 2.24) is 14.9 Å². The zero-order chi connectivity index (χ0) is 19.6. The van der Waals surface area contributed by atoms with Crippen LogP contribution in [0.3, 0.4) is 0 Å². The van der Waals surface area contributed by atoms with Crippen LogP contribution in [0.5, 0.6) is 0 Å². The van der Waals surface area contributed by atoms with Crippen LogP contribution in [0.25, 0.3) is 0 Å². The van der Waals surface area contributed by atoms with Crippen molar-refractivity contribution in [3.63, 3.8) is 0 Å². The molecule has 2 N–H and O–H groups in total. The lowest BCUT2D eigenvalue weighted by Crippen LogP contribution is -2.19. The summed E-state index contributed by atoms with van der Waals surface area (Å²) < 4.78 is 1.60. The van der Waals surface area contributed by atoms with Crippen LogP contribution in [0.2, 0.25) is 0 Å². The Labute approximate surface area is 163 Å². The van der Waals surface area contributed by atoms with Crippen molar-refractivity contribution in [2.75, 3.05) is 18.1 Å². The number of nitrogens with one attached hydrogen (secondary N) is 2. The van der Waals surface area contributed by atoms with Gasteiger partial charge in [-0.15, -0.1) is 0 Å². The normalized spacial score (nSPS) is 11.3. The van der Waals surface area contributed by atoms with E-state index in [0.29, 0.717) is 11.0 Å². The Balaban J connectivity index is 2.41. The molecule has 144 valence electrons. The summed E-state index contributed by atoms with van der Waals surface area (Å²) in [6, 6.07) is 9.71. The molecular formula is C19H25N5O2S. The Bertz CT molecular complexity index is 802. The first-order valence-corrected chi connectivity index (χ1v) is 9.84. The number of imidazole rings is 1. The monoisotopic (exact) mass is 387 g/mol. The number of thioether (sulfide) groups is 1. The first-order valence-electron chi connectivity index (χ1n) is 8.85. The zero-order valence-corrected chi connectivity index (χ0v) is 16.7. The van der Waals surface area contributed by atoms with Crippen LogP contribution in [0.4, 0.5) is 11.5 Å². The molecule has 0 saturated heterocycles. The van der Waals surface area contributed by atoms with Crippen molar-refractivity contribution in [1.29, 1.82) is 0 Å².